The molecule has 1 amide bonds. The van der Waals surface area contributed by atoms with Crippen molar-refractivity contribution in [2.75, 3.05) is 11.1 Å². The molecule has 1 saturated carbocycles. The molecule has 162 valence electrons. The number of halogens is 2. The number of amides is 1. The Morgan fingerprint density at radius 2 is 1.87 bits per heavy atom. The Morgan fingerprint density at radius 1 is 1.16 bits per heavy atom. The predicted octanol–water partition coefficient (Wildman–Crippen LogP) is 4.84. The molecular weight excluding hydrogens is 424 g/mol. The third kappa shape index (κ3) is 4.87. The fraction of sp³-hybridized carbons (Fsp3) is 0.318. The molecule has 0 radical (unpaired) electrons. The van der Waals surface area contributed by atoms with Crippen LogP contribution in [0, 0.1) is 0 Å². The van der Waals surface area contributed by atoms with Crippen molar-refractivity contribution in [2.24, 2.45) is 0 Å². The summed E-state index contributed by atoms with van der Waals surface area (Å²) >= 11 is 1.16. The van der Waals surface area contributed by atoms with E-state index in [4.69, 9.17) is 0 Å². The van der Waals surface area contributed by atoms with Gasteiger partial charge in [0.2, 0.25) is 5.91 Å². The molecule has 1 N–H and O–H groups in total. The van der Waals surface area contributed by atoms with Gasteiger partial charge in [-0.1, -0.05) is 48.9 Å². The van der Waals surface area contributed by atoms with Crippen molar-refractivity contribution in [1.82, 2.24) is 9.55 Å². The highest BCUT2D eigenvalue weighted by Crippen LogP contribution is 2.32. The smallest absolute Gasteiger partial charge is 0.387 e. The van der Waals surface area contributed by atoms with E-state index in [1.165, 1.54) is 12.1 Å². The summed E-state index contributed by atoms with van der Waals surface area (Å²) in [5, 5.41) is 3.64. The molecule has 9 heteroatoms. The van der Waals surface area contributed by atoms with E-state index < -0.39 is 12.5 Å². The molecule has 4 rings (SSSR count). The molecule has 1 aliphatic carbocycles. The number of benzene rings is 2. The van der Waals surface area contributed by atoms with Crippen LogP contribution in [-0.4, -0.2) is 27.8 Å². The topological polar surface area (TPSA) is 73.2 Å². The lowest BCUT2D eigenvalue weighted by molar-refractivity contribution is -0.113. The molecule has 0 atom stereocenters. The van der Waals surface area contributed by atoms with Crippen LogP contribution in [0.5, 0.6) is 5.75 Å². The number of nitrogens with one attached hydrogen (secondary N) is 1. The van der Waals surface area contributed by atoms with Gasteiger partial charge in [-0.3, -0.25) is 14.2 Å². The van der Waals surface area contributed by atoms with E-state index in [1.807, 2.05) is 12.1 Å². The number of para-hydroxylation sites is 3. The fourth-order valence-electron chi connectivity index (χ4n) is 3.80. The molecule has 1 aromatic heterocycles. The van der Waals surface area contributed by atoms with Crippen LogP contribution in [0.4, 0.5) is 14.5 Å². The lowest BCUT2D eigenvalue weighted by atomic mass is 10.2. The van der Waals surface area contributed by atoms with Crippen molar-refractivity contribution in [3.63, 3.8) is 0 Å². The van der Waals surface area contributed by atoms with Gasteiger partial charge in [-0.25, -0.2) is 4.98 Å². The summed E-state index contributed by atoms with van der Waals surface area (Å²) < 4.78 is 31.3. The fourth-order valence-corrected chi connectivity index (χ4v) is 4.66. The number of rotatable bonds is 7. The number of hydrogen-bond donors (Lipinski definition) is 1. The zero-order valence-corrected chi connectivity index (χ0v) is 17.4. The van der Waals surface area contributed by atoms with Gasteiger partial charge < -0.3 is 10.1 Å². The number of aromatic nitrogens is 2. The third-order valence-corrected chi connectivity index (χ3v) is 6.13. The Hall–Kier alpha value is -2.94. The minimum absolute atomic E-state index is 0.0273. The summed E-state index contributed by atoms with van der Waals surface area (Å²) in [5.74, 6) is -0.543. The summed E-state index contributed by atoms with van der Waals surface area (Å²) in [7, 11) is 0. The average Bonchev–Trinajstić information content (AvgIpc) is 3.28. The largest absolute Gasteiger partial charge is 0.433 e. The molecule has 6 nitrogen and oxygen atoms in total. The summed E-state index contributed by atoms with van der Waals surface area (Å²) in [6.07, 6.45) is 3.90. The molecule has 0 aliphatic heterocycles. The molecule has 1 aliphatic rings. The van der Waals surface area contributed by atoms with Crippen LogP contribution in [0.15, 0.2) is 58.5 Å². The normalized spacial score (nSPS) is 14.3. The Kier molecular flexibility index (Phi) is 6.50. The molecule has 31 heavy (non-hydrogen) atoms. The van der Waals surface area contributed by atoms with E-state index in [0.29, 0.717) is 16.1 Å². The second-order valence-electron chi connectivity index (χ2n) is 7.24. The third-order valence-electron chi connectivity index (χ3n) is 5.17. The summed E-state index contributed by atoms with van der Waals surface area (Å²) in [6.45, 7) is -2.99. The molecule has 1 heterocycles. The number of ether oxygens (including phenoxy) is 1. The number of alkyl halides is 2. The Balaban J connectivity index is 1.56. The van der Waals surface area contributed by atoms with E-state index in [9.17, 15) is 18.4 Å². The van der Waals surface area contributed by atoms with Crippen LogP contribution < -0.4 is 15.6 Å². The molecule has 0 spiro atoms. The number of fused-ring (bicyclic) bond motifs is 1. The summed E-state index contributed by atoms with van der Waals surface area (Å²) in [5.41, 5.74) is 0.643. The SMILES string of the molecule is O=C(CSc1nc2ccccc2c(=O)n1C1CCCC1)Nc1ccccc1OC(F)F. The van der Waals surface area contributed by atoms with Gasteiger partial charge in [-0.05, 0) is 37.1 Å². The molecular formula is C22H21F2N3O3S. The first-order chi connectivity index (χ1) is 15.0. The summed E-state index contributed by atoms with van der Waals surface area (Å²) in [4.78, 5) is 30.3. The van der Waals surface area contributed by atoms with Crippen LogP contribution in [0.25, 0.3) is 10.9 Å². The van der Waals surface area contributed by atoms with Gasteiger partial charge in [-0.15, -0.1) is 0 Å². The maximum Gasteiger partial charge on any atom is 0.387 e. The van der Waals surface area contributed by atoms with Crippen LogP contribution in [-0.2, 0) is 4.79 Å². The first-order valence-electron chi connectivity index (χ1n) is 10.0. The number of carbonyl (C=O) groups is 1. The zero-order chi connectivity index (χ0) is 21.8. The van der Waals surface area contributed by atoms with Crippen molar-refractivity contribution in [3.05, 3.63) is 58.9 Å². The van der Waals surface area contributed by atoms with Crippen molar-refractivity contribution >= 4 is 34.3 Å². The van der Waals surface area contributed by atoms with Crippen LogP contribution in [0.3, 0.4) is 0 Å². The minimum atomic E-state index is -2.99. The maximum atomic E-state index is 13.1. The molecule has 1 fully saturated rings. The van der Waals surface area contributed by atoms with Crippen molar-refractivity contribution in [3.8, 4) is 5.75 Å². The molecule has 0 unspecified atom stereocenters. The number of carbonyl (C=O) groups excluding carboxylic acids is 1. The van der Waals surface area contributed by atoms with E-state index in [2.05, 4.69) is 15.0 Å². The van der Waals surface area contributed by atoms with Gasteiger partial charge in [0.1, 0.15) is 5.75 Å². The van der Waals surface area contributed by atoms with Gasteiger partial charge in [0, 0.05) is 6.04 Å². The predicted molar refractivity (Wildman–Crippen MR) is 116 cm³/mol. The quantitative estimate of drug-likeness (QED) is 0.416. The van der Waals surface area contributed by atoms with E-state index in [1.54, 1.807) is 28.8 Å². The van der Waals surface area contributed by atoms with Crippen molar-refractivity contribution in [1.29, 1.82) is 0 Å². The first kappa shape index (κ1) is 21.3. The number of thioether (sulfide) groups is 1. The van der Waals surface area contributed by atoms with Crippen molar-refractivity contribution in [2.45, 2.75) is 43.5 Å². The maximum absolute atomic E-state index is 13.1. The molecule has 2 aromatic carbocycles. The van der Waals surface area contributed by atoms with E-state index >= 15 is 0 Å². The molecule has 3 aromatic rings. The van der Waals surface area contributed by atoms with Gasteiger partial charge in [-0.2, -0.15) is 8.78 Å². The second-order valence-corrected chi connectivity index (χ2v) is 8.18. The Morgan fingerprint density at radius 3 is 2.65 bits per heavy atom. The van der Waals surface area contributed by atoms with Crippen LogP contribution in [0.1, 0.15) is 31.7 Å². The standard InChI is InChI=1S/C22H21F2N3O3S/c23-21(24)30-18-12-6-5-11-17(18)25-19(28)13-31-22-26-16-10-4-3-9-15(16)20(29)27(22)14-7-1-2-8-14/h3-6,9-12,14,21H,1-2,7-8,13H2,(H,25,28). The highest BCUT2D eigenvalue weighted by molar-refractivity contribution is 7.99. The Labute approximate surface area is 181 Å². The monoisotopic (exact) mass is 445 g/mol. The lowest BCUT2D eigenvalue weighted by Gasteiger charge is -2.18. The molecule has 0 saturated heterocycles. The van der Waals surface area contributed by atoms with Gasteiger partial charge in [0.25, 0.3) is 5.56 Å². The number of hydrogen-bond acceptors (Lipinski definition) is 5. The second kappa shape index (κ2) is 9.47. The average molecular weight is 445 g/mol. The van der Waals surface area contributed by atoms with Crippen LogP contribution in [0.2, 0.25) is 0 Å². The Bertz CT molecular complexity index is 1150. The van der Waals surface area contributed by atoms with Gasteiger partial charge in [0.15, 0.2) is 5.16 Å². The van der Waals surface area contributed by atoms with Crippen molar-refractivity contribution < 1.29 is 18.3 Å². The highest BCUT2D eigenvalue weighted by Gasteiger charge is 2.23. The van der Waals surface area contributed by atoms with E-state index in [0.717, 1.165) is 37.4 Å². The molecule has 0 bridgehead atoms. The number of anilines is 1. The first-order valence-corrected chi connectivity index (χ1v) is 11.0. The lowest BCUT2D eigenvalue weighted by Crippen LogP contribution is -2.27. The van der Waals surface area contributed by atoms with E-state index in [-0.39, 0.29) is 28.8 Å². The van der Waals surface area contributed by atoms with Crippen LogP contribution >= 0.6 is 11.8 Å². The summed E-state index contributed by atoms with van der Waals surface area (Å²) in [6, 6.07) is 13.2. The zero-order valence-electron chi connectivity index (χ0n) is 16.6. The highest BCUT2D eigenvalue weighted by atomic mass is 32.2. The van der Waals surface area contributed by atoms with Gasteiger partial charge >= 0.3 is 6.61 Å². The van der Waals surface area contributed by atoms with Gasteiger partial charge in [0.05, 0.1) is 22.3 Å². The minimum Gasteiger partial charge on any atom is -0.433 e. The number of nitrogens with zero attached hydrogens (tertiary/aromatic N) is 2.